The van der Waals surface area contributed by atoms with Gasteiger partial charge >= 0.3 is 6.09 Å². The molecule has 1 aliphatic heterocycles. The molecule has 0 spiro atoms. The first-order chi connectivity index (χ1) is 12.8. The lowest BCUT2D eigenvalue weighted by molar-refractivity contribution is 0.0165. The van der Waals surface area contributed by atoms with Crippen molar-refractivity contribution in [1.82, 2.24) is 4.90 Å². The number of aliphatic hydroxyl groups excluding tert-OH is 1. The van der Waals surface area contributed by atoms with Crippen LogP contribution in [-0.2, 0) is 4.74 Å². The lowest BCUT2D eigenvalue weighted by Gasteiger charge is -2.33. The highest BCUT2D eigenvalue weighted by Gasteiger charge is 2.27. The Morgan fingerprint density at radius 3 is 2.63 bits per heavy atom. The molecule has 0 bridgehead atoms. The molecule has 2 N–H and O–H groups in total. The molecule has 1 aromatic rings. The maximum absolute atomic E-state index is 12.1. The second-order valence-electron chi connectivity index (χ2n) is 7.91. The maximum atomic E-state index is 12.1. The number of piperidine rings is 1. The maximum Gasteiger partial charge on any atom is 0.410 e. The van der Waals surface area contributed by atoms with Crippen LogP contribution in [0, 0.1) is 5.92 Å². The topological polar surface area (TPSA) is 71.0 Å². The fraction of sp³-hybridized carbons (Fsp3) is 0.650. The van der Waals surface area contributed by atoms with E-state index in [9.17, 15) is 9.90 Å². The van der Waals surface area contributed by atoms with E-state index in [0.717, 1.165) is 24.3 Å². The van der Waals surface area contributed by atoms with Gasteiger partial charge in [-0.2, -0.15) is 0 Å². The predicted octanol–water partition coefficient (Wildman–Crippen LogP) is 3.72. The molecule has 7 heteroatoms. The fourth-order valence-corrected chi connectivity index (χ4v) is 2.95. The monoisotopic (exact) mass is 398 g/mol. The second-order valence-corrected chi connectivity index (χ2v) is 8.22. The number of likely N-dealkylation sites (tertiary alicyclic amines) is 1. The third kappa shape index (κ3) is 7.46. The van der Waals surface area contributed by atoms with E-state index in [2.05, 4.69) is 5.32 Å². The normalized spacial score (nSPS) is 16.7. The van der Waals surface area contributed by atoms with E-state index in [1.807, 2.05) is 45.0 Å². The van der Waals surface area contributed by atoms with Crippen molar-refractivity contribution in [2.24, 2.45) is 5.92 Å². The van der Waals surface area contributed by atoms with Gasteiger partial charge in [0.1, 0.15) is 11.4 Å². The van der Waals surface area contributed by atoms with Gasteiger partial charge in [0, 0.05) is 19.6 Å². The molecule has 6 nitrogen and oxygen atoms in total. The molecule has 0 saturated carbocycles. The molecule has 0 aliphatic carbocycles. The number of aliphatic hydroxyl groups is 1. The Hall–Kier alpha value is -1.66. The molecule has 27 heavy (non-hydrogen) atoms. The average Bonchev–Trinajstić information content (AvgIpc) is 2.64. The molecule has 152 valence electrons. The molecule has 1 heterocycles. The second kappa shape index (κ2) is 10.0. The number of nitrogens with zero attached hydrogens (tertiary/aromatic N) is 1. The summed E-state index contributed by atoms with van der Waals surface area (Å²) in [5, 5.41) is 12.8. The fourth-order valence-electron chi connectivity index (χ4n) is 2.84. The van der Waals surface area contributed by atoms with Crippen molar-refractivity contribution in [3.8, 4) is 5.75 Å². The zero-order valence-corrected chi connectivity index (χ0v) is 17.2. The van der Waals surface area contributed by atoms with Crippen LogP contribution in [-0.4, -0.2) is 59.9 Å². The van der Waals surface area contributed by atoms with E-state index < -0.39 is 11.7 Å². The third-order valence-corrected chi connectivity index (χ3v) is 4.69. The van der Waals surface area contributed by atoms with E-state index in [-0.39, 0.29) is 12.0 Å². The zero-order valence-electron chi connectivity index (χ0n) is 16.4. The summed E-state index contributed by atoms with van der Waals surface area (Å²) in [5.74, 6) is 1.34. The number of ether oxygens (including phenoxy) is 2. The molecule has 1 aliphatic rings. The molecule has 1 fully saturated rings. The molecule has 0 radical (unpaired) electrons. The lowest BCUT2D eigenvalue weighted by Crippen LogP contribution is -2.42. The Balaban J connectivity index is 1.79. The number of hydrogen-bond acceptors (Lipinski definition) is 5. The average molecular weight is 399 g/mol. The number of rotatable bonds is 7. The molecular weight excluding hydrogens is 368 g/mol. The summed E-state index contributed by atoms with van der Waals surface area (Å²) in [6.07, 6.45) is 0.936. The van der Waals surface area contributed by atoms with E-state index in [0.29, 0.717) is 32.2 Å². The van der Waals surface area contributed by atoms with Crippen LogP contribution in [0.15, 0.2) is 24.3 Å². The van der Waals surface area contributed by atoms with Crippen molar-refractivity contribution < 1.29 is 19.4 Å². The SMILES string of the molecule is CC(C)(C)OC(=O)N1CCC(COc2ccccc2NCC(O)CCl)CC1. The van der Waals surface area contributed by atoms with E-state index in [1.54, 1.807) is 4.90 Å². The zero-order chi connectivity index (χ0) is 19.9. The van der Waals surface area contributed by atoms with Crippen LogP contribution in [0.5, 0.6) is 5.75 Å². The number of anilines is 1. The molecule has 2 rings (SSSR count). The Morgan fingerprint density at radius 2 is 2.00 bits per heavy atom. The van der Waals surface area contributed by atoms with Crippen LogP contribution < -0.4 is 10.1 Å². The Morgan fingerprint density at radius 1 is 1.33 bits per heavy atom. The molecule has 1 saturated heterocycles. The summed E-state index contributed by atoms with van der Waals surface area (Å²) >= 11 is 5.63. The van der Waals surface area contributed by atoms with Crippen LogP contribution in [0.25, 0.3) is 0 Å². The highest BCUT2D eigenvalue weighted by Crippen LogP contribution is 2.26. The summed E-state index contributed by atoms with van der Waals surface area (Å²) in [4.78, 5) is 13.9. The van der Waals surface area contributed by atoms with Gasteiger partial charge in [-0.3, -0.25) is 0 Å². The van der Waals surface area contributed by atoms with E-state index in [4.69, 9.17) is 21.1 Å². The quantitative estimate of drug-likeness (QED) is 0.685. The number of para-hydroxylation sites is 2. The van der Waals surface area contributed by atoms with Gasteiger partial charge in [0.2, 0.25) is 0 Å². The molecule has 1 aromatic carbocycles. The van der Waals surface area contributed by atoms with Crippen LogP contribution in [0.2, 0.25) is 0 Å². The Kier molecular flexibility index (Phi) is 8.05. The molecule has 1 atom stereocenters. The van der Waals surface area contributed by atoms with Crippen LogP contribution in [0.3, 0.4) is 0 Å². The number of hydrogen-bond donors (Lipinski definition) is 2. The number of alkyl halides is 1. The molecule has 0 aromatic heterocycles. The van der Waals surface area contributed by atoms with Gasteiger partial charge in [-0.25, -0.2) is 4.79 Å². The van der Waals surface area contributed by atoms with Crippen molar-refractivity contribution in [3.05, 3.63) is 24.3 Å². The minimum atomic E-state index is -0.600. The molecule has 1 amide bonds. The van der Waals surface area contributed by atoms with Gasteiger partial charge in [0.05, 0.1) is 24.3 Å². The number of carbonyl (C=O) groups is 1. The van der Waals surface area contributed by atoms with Gasteiger partial charge in [0.25, 0.3) is 0 Å². The minimum Gasteiger partial charge on any atom is -0.491 e. The largest absolute Gasteiger partial charge is 0.491 e. The Labute approximate surface area is 166 Å². The molecular formula is C20H31ClN2O4. The van der Waals surface area contributed by atoms with Gasteiger partial charge < -0.3 is 24.8 Å². The third-order valence-electron chi connectivity index (χ3n) is 4.33. The summed E-state index contributed by atoms with van der Waals surface area (Å²) in [5.41, 5.74) is 0.373. The van der Waals surface area contributed by atoms with Crippen molar-refractivity contribution in [3.63, 3.8) is 0 Å². The molecule has 1 unspecified atom stereocenters. The summed E-state index contributed by atoms with van der Waals surface area (Å²) < 4.78 is 11.4. The van der Waals surface area contributed by atoms with Crippen molar-refractivity contribution in [1.29, 1.82) is 0 Å². The van der Waals surface area contributed by atoms with E-state index in [1.165, 1.54) is 0 Å². The predicted molar refractivity (Wildman–Crippen MR) is 108 cm³/mol. The first-order valence-corrected chi connectivity index (χ1v) is 9.99. The standard InChI is InChI=1S/C20H31ClN2O4/c1-20(2,3)27-19(25)23-10-8-15(9-11-23)14-26-18-7-5-4-6-17(18)22-13-16(24)12-21/h4-7,15-16,22,24H,8-14H2,1-3H3. The highest BCUT2D eigenvalue weighted by atomic mass is 35.5. The number of halogens is 1. The first kappa shape index (κ1) is 21.6. The lowest BCUT2D eigenvalue weighted by atomic mass is 9.98. The van der Waals surface area contributed by atoms with Gasteiger partial charge in [-0.15, -0.1) is 11.6 Å². The van der Waals surface area contributed by atoms with Gasteiger partial charge in [-0.1, -0.05) is 12.1 Å². The number of benzene rings is 1. The van der Waals surface area contributed by atoms with Crippen molar-refractivity contribution in [2.75, 3.05) is 37.4 Å². The minimum absolute atomic E-state index is 0.187. The van der Waals surface area contributed by atoms with Crippen LogP contribution >= 0.6 is 11.6 Å². The smallest absolute Gasteiger partial charge is 0.410 e. The number of carbonyl (C=O) groups excluding carboxylic acids is 1. The van der Waals surface area contributed by atoms with Gasteiger partial charge in [-0.05, 0) is 51.7 Å². The van der Waals surface area contributed by atoms with E-state index >= 15 is 0 Å². The van der Waals surface area contributed by atoms with Crippen LogP contribution in [0.1, 0.15) is 33.6 Å². The van der Waals surface area contributed by atoms with Crippen molar-refractivity contribution >= 4 is 23.4 Å². The van der Waals surface area contributed by atoms with Crippen LogP contribution in [0.4, 0.5) is 10.5 Å². The number of nitrogens with one attached hydrogen (secondary N) is 1. The first-order valence-electron chi connectivity index (χ1n) is 9.46. The number of amides is 1. The summed E-state index contributed by atoms with van der Waals surface area (Å²) in [7, 11) is 0. The van der Waals surface area contributed by atoms with Gasteiger partial charge in [0.15, 0.2) is 0 Å². The van der Waals surface area contributed by atoms with Crippen molar-refractivity contribution in [2.45, 2.75) is 45.3 Å². The Bertz CT molecular complexity index is 598. The summed E-state index contributed by atoms with van der Waals surface area (Å²) in [6.45, 7) is 7.97. The summed E-state index contributed by atoms with van der Waals surface area (Å²) in [6, 6.07) is 7.66. The highest BCUT2D eigenvalue weighted by molar-refractivity contribution is 6.18.